The molecule has 3 rings (SSSR count). The predicted molar refractivity (Wildman–Crippen MR) is 82.6 cm³/mol. The van der Waals surface area contributed by atoms with Gasteiger partial charge < -0.3 is 14.2 Å². The number of hydrogen-bond donors (Lipinski definition) is 0. The molecule has 0 aliphatic carbocycles. The summed E-state index contributed by atoms with van der Waals surface area (Å²) in [5.41, 5.74) is 1.31. The quantitative estimate of drug-likeness (QED) is 0.641. The van der Waals surface area contributed by atoms with Crippen LogP contribution in [0.1, 0.15) is 23.0 Å². The van der Waals surface area contributed by atoms with Gasteiger partial charge in [0.05, 0.1) is 20.1 Å². The van der Waals surface area contributed by atoms with Crippen molar-refractivity contribution in [2.45, 2.75) is 11.8 Å². The maximum Gasteiger partial charge on any atom is 0.322 e. The summed E-state index contributed by atoms with van der Waals surface area (Å²) in [5, 5.41) is 0. The number of ether oxygens (including phenoxy) is 3. The molecule has 0 bridgehead atoms. The summed E-state index contributed by atoms with van der Waals surface area (Å²) in [5.74, 6) is -1.62. The first kappa shape index (κ1) is 15.1. The first-order valence-corrected chi connectivity index (χ1v) is 7.18. The molecule has 0 radical (unpaired) electrons. The Labute approximate surface area is 133 Å². The van der Waals surface area contributed by atoms with Crippen LogP contribution in [0.25, 0.3) is 0 Å². The maximum atomic E-state index is 12.3. The lowest BCUT2D eigenvalue weighted by Gasteiger charge is -2.18. The summed E-state index contributed by atoms with van der Waals surface area (Å²) in [6.07, 6.45) is 0. The van der Waals surface area contributed by atoms with Crippen LogP contribution in [-0.4, -0.2) is 26.2 Å². The number of rotatable bonds is 4. The molecule has 1 fully saturated rings. The molecular weight excluding hydrogens is 296 g/mol. The minimum absolute atomic E-state index is 0.438. The predicted octanol–water partition coefficient (Wildman–Crippen LogP) is 2.65. The summed E-state index contributed by atoms with van der Waals surface area (Å²) in [6.45, 7) is 0. The van der Waals surface area contributed by atoms with Crippen molar-refractivity contribution in [3.8, 4) is 11.5 Å². The molecule has 0 amide bonds. The van der Waals surface area contributed by atoms with Gasteiger partial charge in [0.25, 0.3) is 0 Å². The number of methoxy groups -OCH3 is 2. The van der Waals surface area contributed by atoms with Crippen molar-refractivity contribution < 1.29 is 23.8 Å². The lowest BCUT2D eigenvalue weighted by Crippen LogP contribution is -2.15. The Hall–Kier alpha value is -2.82. The van der Waals surface area contributed by atoms with Crippen LogP contribution >= 0.6 is 0 Å². The van der Waals surface area contributed by atoms with Crippen molar-refractivity contribution in [2.24, 2.45) is 0 Å². The van der Waals surface area contributed by atoms with Crippen molar-refractivity contribution >= 4 is 11.9 Å². The van der Waals surface area contributed by atoms with E-state index in [-0.39, 0.29) is 0 Å². The fraction of sp³-hybridized carbons (Fsp3) is 0.222. The number of benzene rings is 2. The number of carbonyl (C=O) groups excluding carboxylic acids is 2. The Morgan fingerprint density at radius 1 is 0.826 bits per heavy atom. The number of para-hydroxylation sites is 1. The van der Waals surface area contributed by atoms with Gasteiger partial charge in [0.15, 0.2) is 11.5 Å². The number of esters is 2. The van der Waals surface area contributed by atoms with Gasteiger partial charge in [0.1, 0.15) is 5.92 Å². The maximum absolute atomic E-state index is 12.3. The van der Waals surface area contributed by atoms with Crippen molar-refractivity contribution in [2.75, 3.05) is 14.2 Å². The summed E-state index contributed by atoms with van der Waals surface area (Å²) < 4.78 is 15.6. The molecule has 23 heavy (non-hydrogen) atoms. The van der Waals surface area contributed by atoms with Gasteiger partial charge >= 0.3 is 11.9 Å². The smallest absolute Gasteiger partial charge is 0.322 e. The highest BCUT2D eigenvalue weighted by Crippen LogP contribution is 2.45. The van der Waals surface area contributed by atoms with Crippen LogP contribution in [0.15, 0.2) is 48.5 Å². The van der Waals surface area contributed by atoms with Crippen LogP contribution in [0.3, 0.4) is 0 Å². The van der Waals surface area contributed by atoms with E-state index in [1.54, 1.807) is 18.2 Å². The van der Waals surface area contributed by atoms with E-state index in [0.717, 1.165) is 5.56 Å². The van der Waals surface area contributed by atoms with Gasteiger partial charge in [0, 0.05) is 5.56 Å². The molecule has 2 aromatic carbocycles. The minimum Gasteiger partial charge on any atom is -0.493 e. The molecule has 1 saturated heterocycles. The molecular formula is C18H16O5. The van der Waals surface area contributed by atoms with Gasteiger partial charge in [-0.2, -0.15) is 0 Å². The zero-order chi connectivity index (χ0) is 16.4. The molecule has 0 aromatic heterocycles. The summed E-state index contributed by atoms with van der Waals surface area (Å²) in [6, 6.07) is 14.4. The van der Waals surface area contributed by atoms with Crippen LogP contribution in [0, 0.1) is 0 Å². The van der Waals surface area contributed by atoms with Crippen LogP contribution < -0.4 is 9.47 Å². The molecule has 0 spiro atoms. The second kappa shape index (κ2) is 6.12. The van der Waals surface area contributed by atoms with Crippen molar-refractivity contribution in [3.63, 3.8) is 0 Å². The normalized spacial score (nSPS) is 20.3. The average Bonchev–Trinajstić information content (AvgIpc) is 2.88. The van der Waals surface area contributed by atoms with Gasteiger partial charge in [-0.05, 0) is 11.6 Å². The summed E-state index contributed by atoms with van der Waals surface area (Å²) in [4.78, 5) is 24.5. The molecule has 118 valence electrons. The van der Waals surface area contributed by atoms with Crippen LogP contribution in [-0.2, 0) is 14.3 Å². The Balaban J connectivity index is 2.13. The fourth-order valence-electron chi connectivity index (χ4n) is 2.95. The zero-order valence-corrected chi connectivity index (χ0v) is 12.8. The van der Waals surface area contributed by atoms with E-state index in [4.69, 9.17) is 14.2 Å². The fourth-order valence-corrected chi connectivity index (χ4v) is 2.95. The van der Waals surface area contributed by atoms with E-state index in [1.807, 2.05) is 30.3 Å². The Morgan fingerprint density at radius 3 is 2.17 bits per heavy atom. The molecule has 1 aliphatic rings. The highest BCUT2D eigenvalue weighted by Gasteiger charge is 2.47. The van der Waals surface area contributed by atoms with Gasteiger partial charge in [-0.3, -0.25) is 9.59 Å². The molecule has 5 nitrogen and oxygen atoms in total. The summed E-state index contributed by atoms with van der Waals surface area (Å²) >= 11 is 0. The number of cyclic esters (lactones) is 2. The van der Waals surface area contributed by atoms with E-state index in [0.29, 0.717) is 17.1 Å². The third kappa shape index (κ3) is 2.54. The van der Waals surface area contributed by atoms with Gasteiger partial charge in [-0.1, -0.05) is 42.5 Å². The molecule has 1 heterocycles. The largest absolute Gasteiger partial charge is 0.493 e. The third-order valence-corrected chi connectivity index (χ3v) is 3.97. The molecule has 0 N–H and O–H groups in total. The van der Waals surface area contributed by atoms with Gasteiger partial charge in [-0.25, -0.2) is 0 Å². The standard InChI is InChI=1S/C18H16O5/c1-21-13-10-6-9-12(16(13)22-2)15-14(17(19)23-18(15)20)11-7-4-3-5-8-11/h3-10,14-15H,1-2H3. The molecule has 2 unspecified atom stereocenters. The first-order valence-electron chi connectivity index (χ1n) is 7.18. The van der Waals surface area contributed by atoms with E-state index in [2.05, 4.69) is 0 Å². The number of hydrogen-bond acceptors (Lipinski definition) is 5. The van der Waals surface area contributed by atoms with E-state index in [1.165, 1.54) is 14.2 Å². The second-order valence-corrected chi connectivity index (χ2v) is 5.19. The van der Waals surface area contributed by atoms with Crippen LogP contribution in [0.2, 0.25) is 0 Å². The highest BCUT2D eigenvalue weighted by molar-refractivity contribution is 6.03. The van der Waals surface area contributed by atoms with Gasteiger partial charge in [0.2, 0.25) is 0 Å². The first-order chi connectivity index (χ1) is 11.2. The highest BCUT2D eigenvalue weighted by atomic mass is 16.6. The molecule has 0 saturated carbocycles. The summed E-state index contributed by atoms with van der Waals surface area (Å²) in [7, 11) is 3.02. The topological polar surface area (TPSA) is 61.8 Å². The van der Waals surface area contributed by atoms with Crippen molar-refractivity contribution in [1.29, 1.82) is 0 Å². The second-order valence-electron chi connectivity index (χ2n) is 5.19. The van der Waals surface area contributed by atoms with Crippen LogP contribution in [0.4, 0.5) is 0 Å². The molecule has 1 aliphatic heterocycles. The van der Waals surface area contributed by atoms with Crippen molar-refractivity contribution in [3.05, 3.63) is 59.7 Å². The van der Waals surface area contributed by atoms with Crippen LogP contribution in [0.5, 0.6) is 11.5 Å². The lowest BCUT2D eigenvalue weighted by molar-refractivity contribution is -0.152. The average molecular weight is 312 g/mol. The van der Waals surface area contributed by atoms with E-state index in [9.17, 15) is 9.59 Å². The Bertz CT molecular complexity index is 738. The van der Waals surface area contributed by atoms with E-state index < -0.39 is 23.8 Å². The van der Waals surface area contributed by atoms with Gasteiger partial charge in [-0.15, -0.1) is 0 Å². The molecule has 5 heteroatoms. The minimum atomic E-state index is -0.755. The van der Waals surface area contributed by atoms with Crippen molar-refractivity contribution in [1.82, 2.24) is 0 Å². The van der Waals surface area contributed by atoms with E-state index >= 15 is 0 Å². The number of carbonyl (C=O) groups is 2. The Morgan fingerprint density at radius 2 is 1.52 bits per heavy atom. The molecule has 2 atom stereocenters. The third-order valence-electron chi connectivity index (χ3n) is 3.97. The zero-order valence-electron chi connectivity index (χ0n) is 12.8. The molecule has 2 aromatic rings. The lowest BCUT2D eigenvalue weighted by atomic mass is 9.83. The Kier molecular flexibility index (Phi) is 4.02. The monoisotopic (exact) mass is 312 g/mol. The SMILES string of the molecule is COc1cccc(C2C(=O)OC(=O)C2c2ccccc2)c1OC.